The summed E-state index contributed by atoms with van der Waals surface area (Å²) in [5, 5.41) is 2.82. The maximum atomic E-state index is 12.6. The van der Waals surface area contributed by atoms with Crippen LogP contribution < -0.4 is 16.6 Å². The summed E-state index contributed by atoms with van der Waals surface area (Å²) in [5.41, 5.74) is 0.972. The Hall–Kier alpha value is -1.61. The van der Waals surface area contributed by atoms with E-state index in [4.69, 9.17) is 5.84 Å². The Labute approximate surface area is 109 Å². The number of hydrazine groups is 1. The van der Waals surface area contributed by atoms with E-state index >= 15 is 0 Å². The highest BCUT2D eigenvalue weighted by molar-refractivity contribution is 5.42. The van der Waals surface area contributed by atoms with Crippen molar-refractivity contribution in [2.24, 2.45) is 5.84 Å². The van der Waals surface area contributed by atoms with E-state index < -0.39 is 11.9 Å². The van der Waals surface area contributed by atoms with Crippen molar-refractivity contribution in [2.75, 3.05) is 31.4 Å². The molecule has 0 aliphatic heterocycles. The molecule has 0 fully saturated rings. The number of nitrogen functional groups attached to an aromatic ring is 1. The molecular formula is C10H17F3N6. The topological polar surface area (TPSA) is 79.1 Å². The van der Waals surface area contributed by atoms with Gasteiger partial charge in [-0.2, -0.15) is 18.2 Å². The highest BCUT2D eigenvalue weighted by Crippen LogP contribution is 2.29. The number of halogens is 3. The minimum Gasteiger partial charge on any atom is -0.368 e. The first-order valence-electron chi connectivity index (χ1n) is 5.57. The van der Waals surface area contributed by atoms with Crippen LogP contribution in [-0.2, 0) is 6.18 Å². The lowest BCUT2D eigenvalue weighted by molar-refractivity contribution is -0.141. The van der Waals surface area contributed by atoms with Crippen molar-refractivity contribution in [1.29, 1.82) is 0 Å². The summed E-state index contributed by atoms with van der Waals surface area (Å²) in [6.07, 6.45) is -4.54. The Morgan fingerprint density at radius 1 is 1.37 bits per heavy atom. The number of nitrogens with zero attached hydrogens (tertiary/aromatic N) is 3. The number of aromatic nitrogens is 2. The molecular weight excluding hydrogens is 261 g/mol. The first-order chi connectivity index (χ1) is 8.74. The van der Waals surface area contributed by atoms with E-state index in [-0.39, 0.29) is 17.8 Å². The Morgan fingerprint density at radius 3 is 2.47 bits per heavy atom. The van der Waals surface area contributed by atoms with Gasteiger partial charge in [0.1, 0.15) is 5.82 Å². The fourth-order valence-corrected chi connectivity index (χ4v) is 1.18. The van der Waals surface area contributed by atoms with Crippen molar-refractivity contribution < 1.29 is 13.2 Å². The third-order valence-corrected chi connectivity index (χ3v) is 2.61. The van der Waals surface area contributed by atoms with Crippen molar-refractivity contribution in [3.05, 3.63) is 11.8 Å². The van der Waals surface area contributed by atoms with E-state index in [0.29, 0.717) is 6.54 Å². The molecule has 0 amide bonds. The molecule has 9 heteroatoms. The molecule has 1 rings (SSSR count). The van der Waals surface area contributed by atoms with Crippen LogP contribution in [0.4, 0.5) is 24.9 Å². The number of anilines is 2. The Morgan fingerprint density at radius 2 is 2.00 bits per heavy atom. The first kappa shape index (κ1) is 15.4. The van der Waals surface area contributed by atoms with Gasteiger partial charge in [-0.05, 0) is 21.0 Å². The van der Waals surface area contributed by atoms with E-state index in [9.17, 15) is 13.2 Å². The van der Waals surface area contributed by atoms with Crippen LogP contribution in [-0.4, -0.2) is 41.5 Å². The molecule has 19 heavy (non-hydrogen) atoms. The smallest absolute Gasteiger partial charge is 0.368 e. The van der Waals surface area contributed by atoms with Gasteiger partial charge in [-0.15, -0.1) is 0 Å². The van der Waals surface area contributed by atoms with Gasteiger partial charge in [-0.3, -0.25) is 5.43 Å². The predicted molar refractivity (Wildman–Crippen MR) is 66.5 cm³/mol. The lowest BCUT2D eigenvalue weighted by Gasteiger charge is -2.20. The van der Waals surface area contributed by atoms with Crippen LogP contribution in [0.3, 0.4) is 0 Å². The van der Waals surface area contributed by atoms with Crippen molar-refractivity contribution in [2.45, 2.75) is 19.1 Å². The zero-order valence-electron chi connectivity index (χ0n) is 10.9. The number of nitrogens with two attached hydrogens (primary N) is 1. The van der Waals surface area contributed by atoms with E-state index in [1.165, 1.54) is 0 Å². The van der Waals surface area contributed by atoms with Gasteiger partial charge in [0.25, 0.3) is 0 Å². The Bertz CT molecular complexity index is 420. The summed E-state index contributed by atoms with van der Waals surface area (Å²) in [5.74, 6) is 4.85. The average molecular weight is 278 g/mol. The van der Waals surface area contributed by atoms with Crippen molar-refractivity contribution in [3.63, 3.8) is 0 Å². The quantitative estimate of drug-likeness (QED) is 0.554. The second-order valence-corrected chi connectivity index (χ2v) is 4.30. The van der Waals surface area contributed by atoms with E-state index in [2.05, 4.69) is 15.3 Å². The van der Waals surface area contributed by atoms with Gasteiger partial charge in [0.2, 0.25) is 5.95 Å². The molecule has 0 saturated heterocycles. The molecule has 0 spiro atoms. The molecule has 0 saturated carbocycles. The summed E-state index contributed by atoms with van der Waals surface area (Å²) in [6, 6.07) is 0.988. The largest absolute Gasteiger partial charge is 0.433 e. The molecule has 0 aliphatic rings. The number of alkyl halides is 3. The standard InChI is InChI=1S/C10H17F3N6/c1-6(19(2)3)5-15-8-4-7(10(11,12)13)16-9(17-8)18-14/h4,6H,5,14H2,1-3H3,(H2,15,16,17,18). The SMILES string of the molecule is CC(CNc1cc(C(F)(F)F)nc(NN)n1)N(C)C. The van der Waals surface area contributed by atoms with Crippen molar-refractivity contribution in [3.8, 4) is 0 Å². The highest BCUT2D eigenvalue weighted by Gasteiger charge is 2.33. The van der Waals surface area contributed by atoms with Crippen LogP contribution in [0.25, 0.3) is 0 Å². The van der Waals surface area contributed by atoms with Crippen molar-refractivity contribution in [1.82, 2.24) is 14.9 Å². The maximum absolute atomic E-state index is 12.6. The van der Waals surface area contributed by atoms with Crippen molar-refractivity contribution >= 4 is 11.8 Å². The zero-order chi connectivity index (χ0) is 14.6. The summed E-state index contributed by atoms with van der Waals surface area (Å²) in [6.45, 7) is 2.38. The van der Waals surface area contributed by atoms with Crippen LogP contribution in [0.1, 0.15) is 12.6 Å². The van der Waals surface area contributed by atoms with E-state index in [0.717, 1.165) is 6.07 Å². The molecule has 1 unspecified atom stereocenters. The molecule has 0 radical (unpaired) electrons. The monoisotopic (exact) mass is 278 g/mol. The summed E-state index contributed by atoms with van der Waals surface area (Å²) in [7, 11) is 3.75. The van der Waals surface area contributed by atoms with Crippen LogP contribution >= 0.6 is 0 Å². The fourth-order valence-electron chi connectivity index (χ4n) is 1.18. The minimum atomic E-state index is -4.54. The number of hydrogen-bond acceptors (Lipinski definition) is 6. The van der Waals surface area contributed by atoms with Gasteiger partial charge in [0.05, 0.1) is 0 Å². The van der Waals surface area contributed by atoms with Crippen LogP contribution in [0, 0.1) is 0 Å². The maximum Gasteiger partial charge on any atom is 0.433 e. The van der Waals surface area contributed by atoms with E-state index in [1.54, 1.807) is 0 Å². The number of likely N-dealkylation sites (N-methyl/N-ethyl adjacent to an activating group) is 1. The molecule has 1 atom stereocenters. The van der Waals surface area contributed by atoms with Gasteiger partial charge in [-0.25, -0.2) is 10.8 Å². The van der Waals surface area contributed by atoms with E-state index in [1.807, 2.05) is 31.3 Å². The van der Waals surface area contributed by atoms with Gasteiger partial charge in [0.15, 0.2) is 5.69 Å². The lowest BCUT2D eigenvalue weighted by atomic mass is 10.3. The summed E-state index contributed by atoms with van der Waals surface area (Å²) in [4.78, 5) is 9.01. The van der Waals surface area contributed by atoms with Gasteiger partial charge < -0.3 is 10.2 Å². The second-order valence-electron chi connectivity index (χ2n) is 4.30. The zero-order valence-corrected chi connectivity index (χ0v) is 10.9. The third kappa shape index (κ3) is 4.52. The predicted octanol–water partition coefficient (Wildman–Crippen LogP) is 1.14. The summed E-state index contributed by atoms with van der Waals surface area (Å²) >= 11 is 0. The van der Waals surface area contributed by atoms with Crippen LogP contribution in [0.2, 0.25) is 0 Å². The highest BCUT2D eigenvalue weighted by atomic mass is 19.4. The average Bonchev–Trinajstić information content (AvgIpc) is 2.34. The Kier molecular flexibility index (Phi) is 4.90. The Balaban J connectivity index is 2.89. The molecule has 4 N–H and O–H groups in total. The van der Waals surface area contributed by atoms with Gasteiger partial charge in [0, 0.05) is 18.7 Å². The third-order valence-electron chi connectivity index (χ3n) is 2.61. The van der Waals surface area contributed by atoms with Gasteiger partial charge >= 0.3 is 6.18 Å². The van der Waals surface area contributed by atoms with Crippen LogP contribution in [0.15, 0.2) is 6.07 Å². The molecule has 0 aliphatic carbocycles. The fraction of sp³-hybridized carbons (Fsp3) is 0.600. The lowest BCUT2D eigenvalue weighted by Crippen LogP contribution is -2.31. The second kappa shape index (κ2) is 6.02. The molecule has 1 heterocycles. The molecule has 6 nitrogen and oxygen atoms in total. The molecule has 0 bridgehead atoms. The first-order valence-corrected chi connectivity index (χ1v) is 5.57. The molecule has 0 aromatic carbocycles. The molecule has 1 aromatic heterocycles. The number of rotatable bonds is 5. The van der Waals surface area contributed by atoms with Crippen LogP contribution in [0.5, 0.6) is 0 Å². The van der Waals surface area contributed by atoms with Gasteiger partial charge in [-0.1, -0.05) is 0 Å². The molecule has 108 valence electrons. The normalized spacial score (nSPS) is 13.5. The number of hydrogen-bond donors (Lipinski definition) is 3. The minimum absolute atomic E-state index is 0.0731. The summed E-state index contributed by atoms with van der Waals surface area (Å²) < 4.78 is 37.8. The molecule has 1 aromatic rings. The number of nitrogens with one attached hydrogen (secondary N) is 2.